The lowest BCUT2D eigenvalue weighted by molar-refractivity contribution is -0.0713. The molecule has 0 saturated carbocycles. The molecule has 2 aromatic rings. The van der Waals surface area contributed by atoms with Crippen LogP contribution in [0.25, 0.3) is 0 Å². The zero-order chi connectivity index (χ0) is 21.4. The first-order chi connectivity index (χ1) is 15.0. The summed E-state index contributed by atoms with van der Waals surface area (Å²) in [4.78, 5) is 9.16. The van der Waals surface area contributed by atoms with Gasteiger partial charge in [-0.15, -0.1) is 0 Å². The van der Waals surface area contributed by atoms with E-state index in [4.69, 9.17) is 0 Å². The summed E-state index contributed by atoms with van der Waals surface area (Å²) < 4.78 is 0. The van der Waals surface area contributed by atoms with Crippen LogP contribution in [-0.2, 0) is 6.42 Å². The van der Waals surface area contributed by atoms with Gasteiger partial charge in [0.05, 0.1) is 6.10 Å². The first-order valence-electron chi connectivity index (χ1n) is 11.4. The summed E-state index contributed by atoms with van der Waals surface area (Å²) in [5, 5.41) is 21.4. The molecule has 6 rings (SSSR count). The van der Waals surface area contributed by atoms with Gasteiger partial charge in [-0.2, -0.15) is 0 Å². The molecule has 5 heterocycles. The normalized spacial score (nSPS) is 32.0. The van der Waals surface area contributed by atoms with Crippen molar-refractivity contribution in [3.05, 3.63) is 59.3 Å². The summed E-state index contributed by atoms with van der Waals surface area (Å²) in [5.41, 5.74) is 2.29. The number of aliphatic hydroxyl groups is 2. The van der Waals surface area contributed by atoms with E-state index in [0.717, 1.165) is 55.8 Å². The Kier molecular flexibility index (Phi) is 5.47. The lowest BCUT2D eigenvalue weighted by atomic mass is 9.75. The van der Waals surface area contributed by atoms with Crippen LogP contribution in [0.1, 0.15) is 36.5 Å². The highest BCUT2D eigenvalue weighted by Crippen LogP contribution is 2.35. The molecule has 1 aromatic carbocycles. The lowest BCUT2D eigenvalue weighted by Crippen LogP contribution is -2.58. The number of fused-ring (bicyclic) bond motifs is 3. The minimum Gasteiger partial charge on any atom is -0.391 e. The van der Waals surface area contributed by atoms with E-state index in [0.29, 0.717) is 13.1 Å². The fourth-order valence-electron chi connectivity index (χ4n) is 5.22. The van der Waals surface area contributed by atoms with Crippen LogP contribution in [0.4, 0.5) is 5.82 Å². The first kappa shape index (κ1) is 20.5. The molecule has 31 heavy (non-hydrogen) atoms. The zero-order valence-electron chi connectivity index (χ0n) is 18.2. The van der Waals surface area contributed by atoms with E-state index >= 15 is 0 Å². The van der Waals surface area contributed by atoms with Crippen LogP contribution in [0.15, 0.2) is 42.6 Å². The standard InChI is InChI=1S/C26H31N3O2/c1-19-16-29(17-24(19)30)25-14-22(13-20-5-3-2-4-6-20)21(15-27-25)7-10-26(31)18-28-11-8-23(26)9-12-28/h2-6,14-15,19,23-24,30-31H,8-9,11-13,16-18H2,1H3/t19-,24-,26-/m1/s1. The molecule has 4 saturated heterocycles. The van der Waals surface area contributed by atoms with Crippen molar-refractivity contribution < 1.29 is 10.2 Å². The molecule has 2 N–H and O–H groups in total. The Morgan fingerprint density at radius 1 is 1.16 bits per heavy atom. The Bertz CT molecular complexity index is 981. The molecule has 0 amide bonds. The number of pyridine rings is 1. The fourth-order valence-corrected chi connectivity index (χ4v) is 5.22. The zero-order valence-corrected chi connectivity index (χ0v) is 18.2. The Balaban J connectivity index is 1.46. The molecule has 3 atom stereocenters. The molecule has 0 aliphatic carbocycles. The van der Waals surface area contributed by atoms with Crippen molar-refractivity contribution in [1.82, 2.24) is 9.88 Å². The van der Waals surface area contributed by atoms with Crippen LogP contribution in [-0.4, -0.2) is 64.5 Å². The van der Waals surface area contributed by atoms with Crippen molar-refractivity contribution in [2.75, 3.05) is 37.6 Å². The van der Waals surface area contributed by atoms with E-state index in [-0.39, 0.29) is 17.9 Å². The molecule has 0 radical (unpaired) electrons. The molecular formula is C26H31N3O2. The Hall–Kier alpha value is -2.39. The number of nitrogens with zero attached hydrogens (tertiary/aromatic N) is 3. The SMILES string of the molecule is C[C@@H]1CN(c2cc(Cc3ccccc3)c(C#C[C@@]3(O)CN4CCC3CC4)cn2)C[C@H]1O. The van der Waals surface area contributed by atoms with E-state index in [9.17, 15) is 10.2 Å². The minimum atomic E-state index is -0.923. The molecule has 162 valence electrons. The summed E-state index contributed by atoms with van der Waals surface area (Å²) >= 11 is 0. The van der Waals surface area contributed by atoms with Crippen molar-refractivity contribution >= 4 is 5.82 Å². The van der Waals surface area contributed by atoms with E-state index < -0.39 is 5.60 Å². The maximum absolute atomic E-state index is 11.2. The van der Waals surface area contributed by atoms with Gasteiger partial charge in [-0.25, -0.2) is 4.98 Å². The number of benzene rings is 1. The van der Waals surface area contributed by atoms with Crippen LogP contribution < -0.4 is 4.90 Å². The van der Waals surface area contributed by atoms with Gasteiger partial charge < -0.3 is 15.1 Å². The van der Waals surface area contributed by atoms with Crippen molar-refractivity contribution in [2.45, 2.75) is 37.9 Å². The lowest BCUT2D eigenvalue weighted by Gasteiger charge is -2.47. The highest BCUT2D eigenvalue weighted by Gasteiger charge is 2.44. The molecule has 2 bridgehead atoms. The van der Waals surface area contributed by atoms with Crippen LogP contribution in [0.5, 0.6) is 0 Å². The van der Waals surface area contributed by atoms with Crippen molar-refractivity contribution in [2.24, 2.45) is 11.8 Å². The number of aliphatic hydroxyl groups excluding tert-OH is 1. The van der Waals surface area contributed by atoms with Crippen molar-refractivity contribution in [1.29, 1.82) is 0 Å². The fraction of sp³-hybridized carbons (Fsp3) is 0.500. The molecule has 4 fully saturated rings. The Morgan fingerprint density at radius 3 is 2.58 bits per heavy atom. The van der Waals surface area contributed by atoms with E-state index in [1.54, 1.807) is 0 Å². The number of rotatable bonds is 3. The number of aromatic nitrogens is 1. The van der Waals surface area contributed by atoms with Gasteiger partial charge in [-0.3, -0.25) is 4.90 Å². The van der Waals surface area contributed by atoms with Gasteiger partial charge in [0.2, 0.25) is 0 Å². The maximum atomic E-state index is 11.2. The maximum Gasteiger partial charge on any atom is 0.141 e. The molecular weight excluding hydrogens is 386 g/mol. The van der Waals surface area contributed by atoms with Crippen molar-refractivity contribution in [3.63, 3.8) is 0 Å². The third-order valence-electron chi connectivity index (χ3n) is 7.25. The summed E-state index contributed by atoms with van der Waals surface area (Å²) in [6.45, 7) is 6.29. The van der Waals surface area contributed by atoms with E-state index in [1.807, 2.05) is 12.3 Å². The number of β-amino-alcohol motifs (C(OH)–C–C–N with tert-alkyl or cyclic N) is 1. The quantitative estimate of drug-likeness (QED) is 0.751. The number of hydrogen-bond acceptors (Lipinski definition) is 5. The van der Waals surface area contributed by atoms with Crippen LogP contribution in [0, 0.1) is 23.7 Å². The largest absolute Gasteiger partial charge is 0.391 e. The van der Waals surface area contributed by atoms with Gasteiger partial charge >= 0.3 is 0 Å². The number of piperidine rings is 3. The molecule has 0 spiro atoms. The Labute approximate surface area is 184 Å². The summed E-state index contributed by atoms with van der Waals surface area (Å²) in [7, 11) is 0. The summed E-state index contributed by atoms with van der Waals surface area (Å²) in [5.74, 6) is 7.95. The average Bonchev–Trinajstić information content (AvgIpc) is 3.12. The van der Waals surface area contributed by atoms with Gasteiger partial charge in [-0.1, -0.05) is 49.1 Å². The van der Waals surface area contributed by atoms with Gasteiger partial charge in [0.15, 0.2) is 0 Å². The van der Waals surface area contributed by atoms with Crippen LogP contribution in [0.2, 0.25) is 0 Å². The van der Waals surface area contributed by atoms with E-state index in [1.165, 1.54) is 5.56 Å². The topological polar surface area (TPSA) is 59.8 Å². The predicted molar refractivity (Wildman–Crippen MR) is 122 cm³/mol. The monoisotopic (exact) mass is 417 g/mol. The minimum absolute atomic E-state index is 0.241. The molecule has 5 heteroatoms. The average molecular weight is 418 g/mol. The van der Waals surface area contributed by atoms with Gasteiger partial charge in [0, 0.05) is 43.2 Å². The Morgan fingerprint density at radius 2 is 1.94 bits per heavy atom. The second-order valence-electron chi connectivity index (χ2n) is 9.54. The van der Waals surface area contributed by atoms with Gasteiger partial charge in [0.1, 0.15) is 11.4 Å². The van der Waals surface area contributed by atoms with E-state index in [2.05, 4.69) is 63.9 Å². The first-order valence-corrected chi connectivity index (χ1v) is 11.4. The predicted octanol–water partition coefficient (Wildman–Crippen LogP) is 2.30. The summed E-state index contributed by atoms with van der Waals surface area (Å²) in [6.07, 6.45) is 4.34. The van der Waals surface area contributed by atoms with Crippen LogP contribution >= 0.6 is 0 Å². The highest BCUT2D eigenvalue weighted by molar-refractivity contribution is 5.52. The van der Waals surface area contributed by atoms with Gasteiger partial charge in [0.25, 0.3) is 0 Å². The second kappa shape index (κ2) is 8.27. The smallest absolute Gasteiger partial charge is 0.141 e. The number of hydrogen-bond donors (Lipinski definition) is 2. The molecule has 0 unspecified atom stereocenters. The van der Waals surface area contributed by atoms with Gasteiger partial charge in [-0.05, 0) is 49.5 Å². The third kappa shape index (κ3) is 4.21. The molecule has 4 aliphatic heterocycles. The highest BCUT2D eigenvalue weighted by atomic mass is 16.3. The van der Waals surface area contributed by atoms with Crippen LogP contribution in [0.3, 0.4) is 0 Å². The molecule has 5 nitrogen and oxygen atoms in total. The summed E-state index contributed by atoms with van der Waals surface area (Å²) in [6, 6.07) is 12.5. The van der Waals surface area contributed by atoms with Crippen molar-refractivity contribution in [3.8, 4) is 11.8 Å². The number of anilines is 1. The molecule has 4 aliphatic rings. The second-order valence-corrected chi connectivity index (χ2v) is 9.54. The third-order valence-corrected chi connectivity index (χ3v) is 7.25. The molecule has 1 aromatic heterocycles.